The molecule has 0 bridgehead atoms. The van der Waals surface area contributed by atoms with Crippen LogP contribution in [0, 0.1) is 5.82 Å². The van der Waals surface area contributed by atoms with Crippen molar-refractivity contribution >= 4 is 52.6 Å². The summed E-state index contributed by atoms with van der Waals surface area (Å²) in [5.41, 5.74) is 1.17. The van der Waals surface area contributed by atoms with Gasteiger partial charge in [0.25, 0.3) is 5.95 Å². The quantitative estimate of drug-likeness (QED) is 0.0884. The van der Waals surface area contributed by atoms with E-state index >= 15 is 0 Å². The average Bonchev–Trinajstić information content (AvgIpc) is 3.53. The van der Waals surface area contributed by atoms with E-state index in [1.165, 1.54) is 42.0 Å². The predicted molar refractivity (Wildman–Crippen MR) is 212 cm³/mol. The molecule has 3 aromatic carbocycles. The third-order valence-electron chi connectivity index (χ3n) is 7.94. The molecule has 0 saturated carbocycles. The monoisotopic (exact) mass is 825 g/mol. The fourth-order valence-electron chi connectivity index (χ4n) is 5.35. The van der Waals surface area contributed by atoms with Crippen molar-refractivity contribution in [3.8, 4) is 16.9 Å². The molecule has 2 heterocycles. The van der Waals surface area contributed by atoms with Gasteiger partial charge in [0.05, 0.1) is 34.8 Å². The van der Waals surface area contributed by atoms with E-state index < -0.39 is 47.7 Å². The predicted octanol–water partition coefficient (Wildman–Crippen LogP) is 8.68. The summed E-state index contributed by atoms with van der Waals surface area (Å²) in [5, 5.41) is 7.42. The number of phosphoric acid groups is 1. The first kappa shape index (κ1) is 42.9. The van der Waals surface area contributed by atoms with E-state index in [0.29, 0.717) is 22.5 Å². The summed E-state index contributed by atoms with van der Waals surface area (Å²) < 4.78 is 80.7. The number of aromatic nitrogens is 3. The highest BCUT2D eigenvalue weighted by Crippen LogP contribution is 2.55. The number of methoxy groups -OCH3 is 1. The van der Waals surface area contributed by atoms with Gasteiger partial charge in [-0.1, -0.05) is 24.3 Å². The molecule has 304 valence electrons. The normalized spacial score (nSPS) is 12.9. The molecule has 5 rings (SSSR count). The molecule has 0 radical (unpaired) electrons. The number of ether oxygens (including phenoxy) is 2. The third-order valence-corrected chi connectivity index (χ3v) is 11.0. The number of amides is 2. The minimum absolute atomic E-state index is 0.0209. The van der Waals surface area contributed by atoms with Crippen molar-refractivity contribution in [3.05, 3.63) is 96.4 Å². The molecule has 0 aliphatic carbocycles. The summed E-state index contributed by atoms with van der Waals surface area (Å²) in [6.07, 6.45) is 1.61. The second-order valence-electron chi connectivity index (χ2n) is 14.9. The maximum absolute atomic E-state index is 13.9. The lowest BCUT2D eigenvalue weighted by Gasteiger charge is -2.30. The number of sulfone groups is 1. The highest BCUT2D eigenvalue weighted by atomic mass is 32.2. The molecule has 2 aromatic heterocycles. The van der Waals surface area contributed by atoms with E-state index in [0.717, 1.165) is 16.7 Å². The molecule has 1 N–H and O–H groups in total. The van der Waals surface area contributed by atoms with Crippen molar-refractivity contribution < 1.29 is 50.0 Å². The van der Waals surface area contributed by atoms with E-state index in [1.807, 2.05) is 0 Å². The summed E-state index contributed by atoms with van der Waals surface area (Å²) in [4.78, 5) is 32.2. The summed E-state index contributed by atoms with van der Waals surface area (Å²) >= 11 is 0. The maximum Gasteiger partial charge on any atom is 0.478 e. The Bertz CT molecular complexity index is 2390. The Morgan fingerprint density at radius 1 is 0.912 bits per heavy atom. The molecule has 0 fully saturated rings. The second kappa shape index (κ2) is 16.7. The fraction of sp³-hybridized carbons (Fsp3) is 0.333. The van der Waals surface area contributed by atoms with Gasteiger partial charge >= 0.3 is 13.9 Å². The van der Waals surface area contributed by atoms with Crippen LogP contribution in [0.15, 0.2) is 90.0 Å². The van der Waals surface area contributed by atoms with E-state index in [2.05, 4.69) is 15.4 Å². The van der Waals surface area contributed by atoms with Crippen molar-refractivity contribution in [1.82, 2.24) is 14.6 Å². The number of nitrogens with one attached hydrogen (secondary N) is 1. The van der Waals surface area contributed by atoms with Gasteiger partial charge in [0.1, 0.15) is 11.6 Å². The number of fused-ring (bicyclic) bond motifs is 1. The minimum Gasteiger partial charge on any atom is -0.495 e. The van der Waals surface area contributed by atoms with Gasteiger partial charge in [0.2, 0.25) is 12.7 Å². The lowest BCUT2D eigenvalue weighted by Crippen LogP contribution is -2.30. The van der Waals surface area contributed by atoms with Crippen molar-refractivity contribution in [2.45, 2.75) is 70.5 Å². The fourth-order valence-corrected chi connectivity index (χ4v) is 7.65. The molecule has 0 spiro atoms. The third kappa shape index (κ3) is 11.2. The molecule has 1 atom stereocenters. The van der Waals surface area contributed by atoms with Crippen LogP contribution < -0.4 is 15.0 Å². The van der Waals surface area contributed by atoms with Gasteiger partial charge in [-0.3, -0.25) is 13.8 Å². The Morgan fingerprint density at radius 2 is 1.53 bits per heavy atom. The summed E-state index contributed by atoms with van der Waals surface area (Å²) in [6.45, 7) is 10.8. The number of nitrogens with zero attached hydrogens (tertiary/aromatic N) is 4. The number of rotatable bonds is 13. The zero-order valence-corrected chi connectivity index (χ0v) is 34.7. The number of carbonyl (C=O) groups excluding carboxylic acids is 2. The Balaban J connectivity index is 1.43. The van der Waals surface area contributed by atoms with Crippen LogP contribution in [0.2, 0.25) is 0 Å². The highest BCUT2D eigenvalue weighted by Gasteiger charge is 2.38. The molecule has 18 heteroatoms. The number of hydrogen-bond acceptors (Lipinski definition) is 12. The first-order valence-corrected chi connectivity index (χ1v) is 20.9. The van der Waals surface area contributed by atoms with Crippen molar-refractivity contribution in [2.24, 2.45) is 0 Å². The van der Waals surface area contributed by atoms with Gasteiger partial charge in [0, 0.05) is 29.8 Å². The van der Waals surface area contributed by atoms with Gasteiger partial charge in [0.15, 0.2) is 15.5 Å². The van der Waals surface area contributed by atoms with Gasteiger partial charge in [-0.05, 0) is 108 Å². The number of halogens is 1. The van der Waals surface area contributed by atoms with Crippen LogP contribution in [0.3, 0.4) is 0 Å². The summed E-state index contributed by atoms with van der Waals surface area (Å²) in [6, 6.07) is 20.2. The topological polar surface area (TPSA) is 177 Å². The molecule has 5 aromatic rings. The van der Waals surface area contributed by atoms with Crippen LogP contribution in [-0.4, -0.2) is 66.4 Å². The van der Waals surface area contributed by atoms with Crippen LogP contribution in [-0.2, 0) is 37.5 Å². The molecular formula is C39H45FN5O10PS. The average molecular weight is 826 g/mol. The zero-order chi connectivity index (χ0) is 41.9. The molecule has 0 unspecified atom stereocenters. The summed E-state index contributed by atoms with van der Waals surface area (Å²) in [7, 11) is -6.64. The second-order valence-corrected chi connectivity index (χ2v) is 18.5. The molecule has 57 heavy (non-hydrogen) atoms. The smallest absolute Gasteiger partial charge is 0.478 e. The largest absolute Gasteiger partial charge is 0.495 e. The Hall–Kier alpha value is -5.19. The van der Waals surface area contributed by atoms with Crippen LogP contribution in [0.5, 0.6) is 5.75 Å². The zero-order valence-electron chi connectivity index (χ0n) is 33.0. The van der Waals surface area contributed by atoms with E-state index in [-0.39, 0.29) is 34.0 Å². The van der Waals surface area contributed by atoms with Crippen LogP contribution in [0.25, 0.3) is 16.8 Å². The lowest BCUT2D eigenvalue weighted by atomic mass is 10.00. The van der Waals surface area contributed by atoms with Gasteiger partial charge in [-0.25, -0.2) is 36.1 Å². The number of phosphoric ester groups is 1. The van der Waals surface area contributed by atoms with Crippen LogP contribution >= 0.6 is 7.82 Å². The number of hydrogen-bond donors (Lipinski definition) is 1. The van der Waals surface area contributed by atoms with Gasteiger partial charge in [-0.15, -0.1) is 5.10 Å². The van der Waals surface area contributed by atoms with E-state index in [4.69, 9.17) is 23.0 Å². The first-order chi connectivity index (χ1) is 26.5. The van der Waals surface area contributed by atoms with Gasteiger partial charge in [-0.2, -0.15) is 4.98 Å². The van der Waals surface area contributed by atoms with Crippen LogP contribution in [0.1, 0.15) is 59.9 Å². The minimum atomic E-state index is -4.28. The SMILES string of the molecule is COc1cc(S(C)(=O)=O)ccc1N(C(=O)OCOP(=O)(OC(C)(C)C)OC(C)(C)C)c1nc2ccc(-c3ccc(NC(=O)[C@H](C)c4ccc(F)cc4)cc3)cn2n1. The van der Waals surface area contributed by atoms with Crippen LogP contribution in [0.4, 0.5) is 26.5 Å². The molecule has 0 aliphatic heterocycles. The van der Waals surface area contributed by atoms with Gasteiger partial charge < -0.3 is 14.8 Å². The van der Waals surface area contributed by atoms with Crippen molar-refractivity contribution in [1.29, 1.82) is 0 Å². The standard InChI is InChI=1S/C39H45FN5O10PS/c1-25(26-10-15-29(40)16-11-26)35(46)41-30-17-12-27(13-18-30)28-14-21-34-42-36(43-44(34)23-28)45(32-20-19-31(57(9,49)50)22-33(32)51-8)37(47)52-24-53-56(48,54-38(2,3)4)55-39(5,6)7/h10-23,25H,24H2,1-9H3,(H,41,46)/t25-/m1/s1. The Morgan fingerprint density at radius 3 is 2.11 bits per heavy atom. The Kier molecular flexibility index (Phi) is 12.6. The number of carbonyl (C=O) groups is 2. The Labute approximate surface area is 330 Å². The molecule has 15 nitrogen and oxygen atoms in total. The molecular weight excluding hydrogens is 780 g/mol. The molecule has 0 aliphatic rings. The van der Waals surface area contributed by atoms with Crippen molar-refractivity contribution in [2.75, 3.05) is 30.4 Å². The van der Waals surface area contributed by atoms with E-state index in [9.17, 15) is 27.0 Å². The van der Waals surface area contributed by atoms with Crippen molar-refractivity contribution in [3.63, 3.8) is 0 Å². The molecule has 2 amide bonds. The molecule has 0 saturated heterocycles. The number of pyridine rings is 1. The number of benzene rings is 3. The number of anilines is 3. The lowest BCUT2D eigenvalue weighted by molar-refractivity contribution is -0.117. The summed E-state index contributed by atoms with van der Waals surface area (Å²) in [5.74, 6) is -1.35. The highest BCUT2D eigenvalue weighted by molar-refractivity contribution is 7.90. The van der Waals surface area contributed by atoms with E-state index in [1.54, 1.807) is 103 Å². The first-order valence-electron chi connectivity index (χ1n) is 17.6. The maximum atomic E-state index is 13.9.